The summed E-state index contributed by atoms with van der Waals surface area (Å²) in [5, 5.41) is 4.07. The molecule has 0 spiro atoms. The Kier molecular flexibility index (Phi) is 6.02. The Balaban J connectivity index is 1.62. The molecule has 190 valence electrons. The first-order chi connectivity index (χ1) is 17.5. The van der Waals surface area contributed by atoms with Crippen LogP contribution in [0.15, 0.2) is 55.0 Å². The number of anilines is 1. The lowest BCUT2D eigenvalue weighted by Crippen LogP contribution is -2.27. The first-order valence-electron chi connectivity index (χ1n) is 12.6. The molecule has 4 aromatic heterocycles. The lowest BCUT2D eigenvalue weighted by Gasteiger charge is -2.20. The van der Waals surface area contributed by atoms with E-state index in [1.54, 1.807) is 6.20 Å². The highest BCUT2D eigenvalue weighted by Gasteiger charge is 2.20. The van der Waals surface area contributed by atoms with Crippen molar-refractivity contribution in [2.24, 2.45) is 0 Å². The highest BCUT2D eigenvalue weighted by Crippen LogP contribution is 2.38. The summed E-state index contributed by atoms with van der Waals surface area (Å²) in [6.45, 7) is 14.0. The fourth-order valence-electron chi connectivity index (χ4n) is 4.89. The quantitative estimate of drug-likeness (QED) is 0.268. The van der Waals surface area contributed by atoms with Gasteiger partial charge in [0.1, 0.15) is 5.60 Å². The van der Waals surface area contributed by atoms with Gasteiger partial charge in [-0.25, -0.2) is 9.78 Å². The monoisotopic (exact) mass is 495 g/mol. The van der Waals surface area contributed by atoms with E-state index in [4.69, 9.17) is 4.74 Å². The van der Waals surface area contributed by atoms with E-state index in [0.717, 1.165) is 39.3 Å². The van der Waals surface area contributed by atoms with Gasteiger partial charge >= 0.3 is 6.09 Å². The average molecular weight is 496 g/mol. The van der Waals surface area contributed by atoms with E-state index in [1.807, 2.05) is 57.5 Å². The van der Waals surface area contributed by atoms with Crippen molar-refractivity contribution in [1.29, 1.82) is 0 Å². The molecular weight excluding hydrogens is 462 g/mol. The number of aromatic amines is 1. The van der Waals surface area contributed by atoms with Crippen LogP contribution in [0, 0.1) is 13.8 Å². The Morgan fingerprint density at radius 2 is 1.76 bits per heavy atom. The molecule has 1 aromatic carbocycles. The van der Waals surface area contributed by atoms with E-state index in [0.29, 0.717) is 17.3 Å². The first kappa shape index (κ1) is 24.6. The minimum absolute atomic E-state index is 0.313. The Morgan fingerprint density at radius 1 is 1.03 bits per heavy atom. The molecule has 0 atom stereocenters. The van der Waals surface area contributed by atoms with Crippen molar-refractivity contribution in [2.45, 2.75) is 60.0 Å². The number of benzene rings is 1. The highest BCUT2D eigenvalue weighted by atomic mass is 16.6. The number of carbonyl (C=O) groups is 1. The summed E-state index contributed by atoms with van der Waals surface area (Å²) in [5.74, 6) is 0.313. The van der Waals surface area contributed by atoms with Crippen molar-refractivity contribution in [3.8, 4) is 22.4 Å². The molecule has 5 aromatic rings. The standard InChI is InChI=1S/C30H33N5O2/c1-17(2)26-23-14-20(8-9-24(23)33-27(26)21-12-18(3)32-19(4)13-21)22-15-25(28-31-10-11-35(28)16-22)34-29(36)37-30(5,6)7/h8-17,33H,1-7H3,(H,34,36). The average Bonchev–Trinajstić information content (AvgIpc) is 3.41. The Labute approximate surface area is 216 Å². The molecule has 7 nitrogen and oxygen atoms in total. The van der Waals surface area contributed by atoms with E-state index in [1.165, 1.54) is 10.9 Å². The van der Waals surface area contributed by atoms with Crippen LogP contribution in [0.1, 0.15) is 57.5 Å². The van der Waals surface area contributed by atoms with E-state index < -0.39 is 11.7 Å². The zero-order valence-electron chi connectivity index (χ0n) is 22.4. The van der Waals surface area contributed by atoms with E-state index in [-0.39, 0.29) is 0 Å². The van der Waals surface area contributed by atoms with Crippen LogP contribution in [0.3, 0.4) is 0 Å². The van der Waals surface area contributed by atoms with Crippen LogP contribution in [0.2, 0.25) is 0 Å². The molecule has 0 aliphatic carbocycles. The largest absolute Gasteiger partial charge is 0.444 e. The second-order valence-corrected chi connectivity index (χ2v) is 10.9. The molecule has 5 rings (SSSR count). The third-order valence-electron chi connectivity index (χ3n) is 6.24. The van der Waals surface area contributed by atoms with E-state index in [9.17, 15) is 4.79 Å². The van der Waals surface area contributed by atoms with Crippen LogP contribution >= 0.6 is 0 Å². The number of fused-ring (bicyclic) bond motifs is 2. The van der Waals surface area contributed by atoms with Crippen LogP contribution in [-0.4, -0.2) is 31.0 Å². The molecule has 1 amide bonds. The number of amides is 1. The molecule has 0 aliphatic heterocycles. The van der Waals surface area contributed by atoms with Crippen LogP contribution in [0.25, 0.3) is 38.9 Å². The summed E-state index contributed by atoms with van der Waals surface area (Å²) in [4.78, 5) is 25.2. The normalized spacial score (nSPS) is 12.0. The number of imidazole rings is 1. The number of aromatic nitrogens is 4. The third kappa shape index (κ3) is 4.94. The smallest absolute Gasteiger partial charge is 0.412 e. The molecule has 7 heteroatoms. The van der Waals surface area contributed by atoms with Crippen LogP contribution < -0.4 is 5.32 Å². The maximum absolute atomic E-state index is 12.5. The molecule has 37 heavy (non-hydrogen) atoms. The van der Waals surface area contributed by atoms with Gasteiger partial charge in [-0.05, 0) is 82.0 Å². The van der Waals surface area contributed by atoms with Gasteiger partial charge in [0, 0.05) is 52.0 Å². The lowest BCUT2D eigenvalue weighted by atomic mass is 9.94. The van der Waals surface area contributed by atoms with Gasteiger partial charge in [-0.3, -0.25) is 10.3 Å². The molecule has 0 bridgehead atoms. The second-order valence-electron chi connectivity index (χ2n) is 10.9. The number of hydrogen-bond acceptors (Lipinski definition) is 4. The van der Waals surface area contributed by atoms with Crippen molar-refractivity contribution in [2.75, 3.05) is 5.32 Å². The minimum atomic E-state index is -0.594. The van der Waals surface area contributed by atoms with Crippen molar-refractivity contribution >= 4 is 28.3 Å². The van der Waals surface area contributed by atoms with Gasteiger partial charge in [-0.2, -0.15) is 0 Å². The first-order valence-corrected chi connectivity index (χ1v) is 12.6. The van der Waals surface area contributed by atoms with Crippen LogP contribution in [0.5, 0.6) is 0 Å². The maximum atomic E-state index is 12.5. The zero-order valence-corrected chi connectivity index (χ0v) is 22.4. The molecular formula is C30H33N5O2. The number of aryl methyl sites for hydroxylation is 2. The van der Waals surface area contributed by atoms with Crippen molar-refractivity contribution in [3.05, 3.63) is 71.9 Å². The summed E-state index contributed by atoms with van der Waals surface area (Å²) < 4.78 is 7.40. The molecule has 0 fully saturated rings. The maximum Gasteiger partial charge on any atom is 0.412 e. The SMILES string of the molecule is Cc1cc(-c2[nH]c3ccc(-c4cc(NC(=O)OC(C)(C)C)c5nccn5c4)cc3c2C(C)C)cc(C)n1. The zero-order chi connectivity index (χ0) is 26.5. The highest BCUT2D eigenvalue weighted by molar-refractivity contribution is 5.96. The molecule has 0 aliphatic rings. The fourth-order valence-corrected chi connectivity index (χ4v) is 4.89. The number of nitrogens with one attached hydrogen (secondary N) is 2. The Morgan fingerprint density at radius 3 is 2.43 bits per heavy atom. The summed E-state index contributed by atoms with van der Waals surface area (Å²) in [7, 11) is 0. The Bertz CT molecular complexity index is 1620. The molecule has 4 heterocycles. The summed E-state index contributed by atoms with van der Waals surface area (Å²) in [6.07, 6.45) is 5.11. The fraction of sp³-hybridized carbons (Fsp3) is 0.300. The van der Waals surface area contributed by atoms with Gasteiger partial charge < -0.3 is 14.1 Å². The van der Waals surface area contributed by atoms with Gasteiger partial charge in [-0.15, -0.1) is 0 Å². The van der Waals surface area contributed by atoms with Crippen molar-refractivity contribution < 1.29 is 9.53 Å². The predicted octanol–water partition coefficient (Wildman–Crippen LogP) is 7.63. The molecule has 0 radical (unpaired) electrons. The molecule has 0 saturated heterocycles. The third-order valence-corrected chi connectivity index (χ3v) is 6.24. The molecule has 0 saturated carbocycles. The number of H-pyrrole nitrogens is 1. The Hall–Kier alpha value is -4.13. The van der Waals surface area contributed by atoms with E-state index >= 15 is 0 Å². The number of ether oxygens (including phenoxy) is 1. The lowest BCUT2D eigenvalue weighted by molar-refractivity contribution is 0.0636. The summed E-state index contributed by atoms with van der Waals surface area (Å²) in [6, 6.07) is 12.7. The van der Waals surface area contributed by atoms with Gasteiger partial charge in [-0.1, -0.05) is 19.9 Å². The second kappa shape index (κ2) is 9.07. The number of pyridine rings is 2. The van der Waals surface area contributed by atoms with Gasteiger partial charge in [0.25, 0.3) is 0 Å². The van der Waals surface area contributed by atoms with E-state index in [2.05, 4.69) is 64.4 Å². The van der Waals surface area contributed by atoms with Gasteiger partial charge in [0.2, 0.25) is 0 Å². The number of rotatable bonds is 4. The van der Waals surface area contributed by atoms with Gasteiger partial charge in [0.05, 0.1) is 11.4 Å². The van der Waals surface area contributed by atoms with Crippen molar-refractivity contribution in [1.82, 2.24) is 19.4 Å². The molecule has 0 unspecified atom stereocenters. The molecule has 2 N–H and O–H groups in total. The number of nitrogens with zero attached hydrogens (tertiary/aromatic N) is 3. The van der Waals surface area contributed by atoms with Crippen LogP contribution in [0.4, 0.5) is 10.5 Å². The summed E-state index contributed by atoms with van der Waals surface area (Å²) in [5.41, 5.74) is 9.32. The van der Waals surface area contributed by atoms with Crippen LogP contribution in [-0.2, 0) is 4.74 Å². The van der Waals surface area contributed by atoms with Crippen molar-refractivity contribution in [3.63, 3.8) is 0 Å². The topological polar surface area (TPSA) is 84.3 Å². The predicted molar refractivity (Wildman–Crippen MR) is 149 cm³/mol. The summed E-state index contributed by atoms with van der Waals surface area (Å²) >= 11 is 0. The minimum Gasteiger partial charge on any atom is -0.444 e. The number of carbonyl (C=O) groups excluding carboxylic acids is 1. The number of hydrogen-bond donors (Lipinski definition) is 2. The van der Waals surface area contributed by atoms with Gasteiger partial charge in [0.15, 0.2) is 5.65 Å².